The summed E-state index contributed by atoms with van der Waals surface area (Å²) in [5.41, 5.74) is 0.0583. The maximum Gasteiger partial charge on any atom is 0.308 e. The Bertz CT molecular complexity index is 278. The molecule has 1 fully saturated rings. The van der Waals surface area contributed by atoms with Gasteiger partial charge >= 0.3 is 5.97 Å². The summed E-state index contributed by atoms with van der Waals surface area (Å²) in [4.78, 5) is 11.5. The monoisotopic (exact) mass is 208 g/mol. The van der Waals surface area contributed by atoms with Crippen LogP contribution in [0.15, 0.2) is 12.2 Å². The Hall–Kier alpha value is -0.790. The Kier molecular flexibility index (Phi) is 2.85. The van der Waals surface area contributed by atoms with Crippen LogP contribution in [0.5, 0.6) is 0 Å². The molecule has 0 bridgehead atoms. The van der Waals surface area contributed by atoms with Crippen LogP contribution in [-0.2, 0) is 9.53 Å². The second-order valence-electron chi connectivity index (χ2n) is 5.27. The summed E-state index contributed by atoms with van der Waals surface area (Å²) in [7, 11) is 0. The molecule has 84 valence electrons. The van der Waals surface area contributed by atoms with Gasteiger partial charge in [-0.25, -0.2) is 0 Å². The summed E-state index contributed by atoms with van der Waals surface area (Å²) in [6.07, 6.45) is 8.86. The molecule has 2 unspecified atom stereocenters. The number of hydrogen-bond donors (Lipinski definition) is 0. The summed E-state index contributed by atoms with van der Waals surface area (Å²) in [5.74, 6) is 0.841. The van der Waals surface area contributed by atoms with E-state index in [2.05, 4.69) is 26.0 Å². The fraction of sp³-hybridized carbons (Fsp3) is 0.769. The van der Waals surface area contributed by atoms with Gasteiger partial charge in [-0.2, -0.15) is 0 Å². The number of allylic oxidation sites excluding steroid dienone is 1. The first-order chi connectivity index (χ1) is 7.12. The van der Waals surface area contributed by atoms with Crippen LogP contribution >= 0.6 is 0 Å². The number of ether oxygens (including phenoxy) is 1. The zero-order chi connectivity index (χ0) is 10.9. The highest BCUT2D eigenvalue weighted by Gasteiger charge is 2.35. The minimum Gasteiger partial charge on any atom is -0.465 e. The lowest BCUT2D eigenvalue weighted by Crippen LogP contribution is -2.32. The van der Waals surface area contributed by atoms with E-state index in [0.717, 1.165) is 19.3 Å². The van der Waals surface area contributed by atoms with E-state index in [4.69, 9.17) is 4.74 Å². The van der Waals surface area contributed by atoms with E-state index in [1.165, 1.54) is 6.42 Å². The van der Waals surface area contributed by atoms with Crippen molar-refractivity contribution in [2.45, 2.75) is 39.5 Å². The van der Waals surface area contributed by atoms with E-state index in [-0.39, 0.29) is 17.3 Å². The van der Waals surface area contributed by atoms with Crippen LogP contribution in [0.3, 0.4) is 0 Å². The summed E-state index contributed by atoms with van der Waals surface area (Å²) in [6.45, 7) is 4.99. The van der Waals surface area contributed by atoms with E-state index >= 15 is 0 Å². The zero-order valence-electron chi connectivity index (χ0n) is 9.66. The lowest BCUT2D eigenvalue weighted by Gasteiger charge is -2.35. The van der Waals surface area contributed by atoms with Gasteiger partial charge in [-0.15, -0.1) is 0 Å². The molecule has 0 aromatic carbocycles. The number of esters is 1. The normalized spacial score (nSPS) is 35.2. The van der Waals surface area contributed by atoms with E-state index in [1.807, 2.05) is 0 Å². The minimum atomic E-state index is 0.0161. The van der Waals surface area contributed by atoms with Crippen LogP contribution in [0.1, 0.15) is 39.5 Å². The topological polar surface area (TPSA) is 26.3 Å². The molecule has 2 aliphatic carbocycles. The number of hydrogen-bond acceptors (Lipinski definition) is 2. The van der Waals surface area contributed by atoms with Crippen molar-refractivity contribution in [3.63, 3.8) is 0 Å². The number of carbonyl (C=O) groups excluding carboxylic acids is 1. The Morgan fingerprint density at radius 3 is 2.80 bits per heavy atom. The standard InChI is InChI=1S/C13H20O2/c1-10-5-3-4-8-13(10,2)9-15-12(14)11-6-7-11/h4,8,10-11H,3,5-7,9H2,1-2H3. The SMILES string of the molecule is CC1CCC=CC1(C)COC(=O)C1CC1. The fourth-order valence-electron chi connectivity index (χ4n) is 2.05. The first-order valence-electron chi connectivity index (χ1n) is 5.96. The van der Waals surface area contributed by atoms with Crippen LogP contribution in [0.2, 0.25) is 0 Å². The first-order valence-corrected chi connectivity index (χ1v) is 5.96. The van der Waals surface area contributed by atoms with Gasteiger partial charge in [0.05, 0.1) is 5.92 Å². The Labute approximate surface area is 91.7 Å². The molecule has 0 saturated heterocycles. The molecule has 2 nitrogen and oxygen atoms in total. The summed E-state index contributed by atoms with van der Waals surface area (Å²) in [5, 5.41) is 0. The van der Waals surface area contributed by atoms with E-state index < -0.39 is 0 Å². The van der Waals surface area contributed by atoms with Crippen molar-refractivity contribution in [3.05, 3.63) is 12.2 Å². The molecule has 1 saturated carbocycles. The van der Waals surface area contributed by atoms with Crippen molar-refractivity contribution in [1.82, 2.24) is 0 Å². The van der Waals surface area contributed by atoms with Crippen LogP contribution < -0.4 is 0 Å². The lowest BCUT2D eigenvalue weighted by atomic mass is 9.73. The second-order valence-corrected chi connectivity index (χ2v) is 5.27. The van der Waals surface area contributed by atoms with Crippen molar-refractivity contribution in [2.24, 2.45) is 17.3 Å². The third kappa shape index (κ3) is 2.42. The quantitative estimate of drug-likeness (QED) is 0.526. The van der Waals surface area contributed by atoms with Crippen LogP contribution in [-0.4, -0.2) is 12.6 Å². The number of rotatable bonds is 3. The zero-order valence-corrected chi connectivity index (χ0v) is 9.66. The molecule has 0 amide bonds. The highest BCUT2D eigenvalue weighted by Crippen LogP contribution is 2.37. The van der Waals surface area contributed by atoms with Crippen LogP contribution in [0.25, 0.3) is 0 Å². The summed E-state index contributed by atoms with van der Waals surface area (Å²) in [6, 6.07) is 0. The molecule has 0 spiro atoms. The van der Waals surface area contributed by atoms with Crippen molar-refractivity contribution in [1.29, 1.82) is 0 Å². The van der Waals surface area contributed by atoms with Crippen molar-refractivity contribution < 1.29 is 9.53 Å². The third-order valence-corrected chi connectivity index (χ3v) is 3.83. The highest BCUT2D eigenvalue weighted by atomic mass is 16.5. The summed E-state index contributed by atoms with van der Waals surface area (Å²) < 4.78 is 5.39. The van der Waals surface area contributed by atoms with Crippen molar-refractivity contribution in [3.8, 4) is 0 Å². The molecular formula is C13H20O2. The Morgan fingerprint density at radius 1 is 1.47 bits per heavy atom. The third-order valence-electron chi connectivity index (χ3n) is 3.83. The molecule has 0 radical (unpaired) electrons. The molecule has 2 heteroatoms. The van der Waals surface area contributed by atoms with Gasteiger partial charge < -0.3 is 4.74 Å². The molecular weight excluding hydrogens is 188 g/mol. The molecule has 2 aliphatic rings. The highest BCUT2D eigenvalue weighted by molar-refractivity contribution is 5.74. The van der Waals surface area contributed by atoms with Crippen LogP contribution in [0.4, 0.5) is 0 Å². The van der Waals surface area contributed by atoms with Gasteiger partial charge in [-0.1, -0.05) is 26.0 Å². The van der Waals surface area contributed by atoms with Gasteiger partial charge in [0.1, 0.15) is 6.61 Å². The largest absolute Gasteiger partial charge is 0.465 e. The predicted molar refractivity (Wildman–Crippen MR) is 59.3 cm³/mol. The molecule has 2 rings (SSSR count). The Balaban J connectivity index is 1.88. The van der Waals surface area contributed by atoms with Crippen molar-refractivity contribution >= 4 is 5.97 Å². The molecule has 0 aliphatic heterocycles. The average molecular weight is 208 g/mol. The molecule has 0 aromatic heterocycles. The maximum atomic E-state index is 11.5. The molecule has 15 heavy (non-hydrogen) atoms. The van der Waals surface area contributed by atoms with E-state index in [1.54, 1.807) is 0 Å². The number of carbonyl (C=O) groups is 1. The second kappa shape index (κ2) is 3.99. The molecule has 0 aromatic rings. The van der Waals surface area contributed by atoms with Gasteiger partial charge in [0.15, 0.2) is 0 Å². The Morgan fingerprint density at radius 2 is 2.20 bits per heavy atom. The molecule has 0 heterocycles. The lowest BCUT2D eigenvalue weighted by molar-refractivity contribution is -0.148. The maximum absolute atomic E-state index is 11.5. The predicted octanol–water partition coefficient (Wildman–Crippen LogP) is 2.93. The smallest absolute Gasteiger partial charge is 0.308 e. The van der Waals surface area contributed by atoms with Gasteiger partial charge in [-0.3, -0.25) is 4.79 Å². The van der Waals surface area contributed by atoms with Crippen molar-refractivity contribution in [2.75, 3.05) is 6.61 Å². The van der Waals surface area contributed by atoms with Gasteiger partial charge in [0.2, 0.25) is 0 Å². The van der Waals surface area contributed by atoms with E-state index in [0.29, 0.717) is 12.5 Å². The minimum absolute atomic E-state index is 0.0161. The first kappa shape index (κ1) is 10.7. The van der Waals surface area contributed by atoms with Gasteiger partial charge in [-0.05, 0) is 31.6 Å². The van der Waals surface area contributed by atoms with E-state index in [9.17, 15) is 4.79 Å². The fourth-order valence-corrected chi connectivity index (χ4v) is 2.05. The van der Waals surface area contributed by atoms with Crippen LogP contribution in [0, 0.1) is 17.3 Å². The van der Waals surface area contributed by atoms with Gasteiger partial charge in [0, 0.05) is 5.41 Å². The van der Waals surface area contributed by atoms with Gasteiger partial charge in [0.25, 0.3) is 0 Å². The summed E-state index contributed by atoms with van der Waals surface area (Å²) >= 11 is 0. The molecule has 0 N–H and O–H groups in total. The molecule has 2 atom stereocenters. The average Bonchev–Trinajstić information content (AvgIpc) is 3.03.